The molecule has 3 nitrogen and oxygen atoms in total. The van der Waals surface area contributed by atoms with Gasteiger partial charge in [-0.05, 0) is 64.2 Å². The highest BCUT2D eigenvalue weighted by molar-refractivity contribution is 6.62. The minimum atomic E-state index is -0.346. The number of para-hydroxylation sites is 1. The van der Waals surface area contributed by atoms with E-state index in [0.717, 1.165) is 18.3 Å². The van der Waals surface area contributed by atoms with E-state index in [0.29, 0.717) is 0 Å². The van der Waals surface area contributed by atoms with E-state index in [4.69, 9.17) is 9.31 Å². The molecule has 1 aliphatic heterocycles. The lowest BCUT2D eigenvalue weighted by atomic mass is 9.79. The number of hydrogen-bond donors (Lipinski definition) is 0. The summed E-state index contributed by atoms with van der Waals surface area (Å²) in [6, 6.07) is 15.3. The van der Waals surface area contributed by atoms with Crippen LogP contribution in [0.5, 0.6) is 0 Å². The normalized spacial score (nSPS) is 20.9. The van der Waals surface area contributed by atoms with E-state index < -0.39 is 0 Å². The van der Waals surface area contributed by atoms with E-state index in [1.54, 1.807) is 0 Å². The molecule has 1 fully saturated rings. The molecule has 0 spiro atoms. The lowest BCUT2D eigenvalue weighted by Gasteiger charge is -2.32. The maximum atomic E-state index is 6.30. The first-order valence-corrected chi connectivity index (χ1v) is 10.1. The fourth-order valence-corrected chi connectivity index (χ4v) is 4.20. The molecule has 0 radical (unpaired) electrons. The molecule has 5 rings (SSSR count). The zero-order chi connectivity index (χ0) is 19.5. The number of allylic oxidation sites excluding steroid dienone is 4. The monoisotopic (exact) mass is 371 g/mol. The third-order valence-corrected chi connectivity index (χ3v) is 6.50. The first-order valence-electron chi connectivity index (χ1n) is 10.1. The highest BCUT2D eigenvalue weighted by Gasteiger charge is 2.51. The lowest BCUT2D eigenvalue weighted by molar-refractivity contribution is 0.00578. The average Bonchev–Trinajstić information content (AvgIpc) is 3.12. The van der Waals surface area contributed by atoms with Gasteiger partial charge in [0.2, 0.25) is 0 Å². The van der Waals surface area contributed by atoms with Gasteiger partial charge in [0.25, 0.3) is 0 Å². The van der Waals surface area contributed by atoms with Crippen LogP contribution < -0.4 is 5.46 Å². The van der Waals surface area contributed by atoms with Crippen molar-refractivity contribution in [1.82, 2.24) is 4.57 Å². The van der Waals surface area contributed by atoms with E-state index in [-0.39, 0.29) is 18.3 Å². The highest BCUT2D eigenvalue weighted by Crippen LogP contribution is 2.38. The van der Waals surface area contributed by atoms with Crippen LogP contribution in [-0.2, 0) is 9.31 Å². The number of benzene rings is 2. The van der Waals surface area contributed by atoms with Crippen molar-refractivity contribution in [2.24, 2.45) is 0 Å². The van der Waals surface area contributed by atoms with Crippen LogP contribution in [-0.4, -0.2) is 22.9 Å². The predicted molar refractivity (Wildman–Crippen MR) is 118 cm³/mol. The van der Waals surface area contributed by atoms with Gasteiger partial charge in [0.1, 0.15) is 0 Å². The van der Waals surface area contributed by atoms with Gasteiger partial charge in [-0.25, -0.2) is 0 Å². The van der Waals surface area contributed by atoms with Crippen molar-refractivity contribution in [3.63, 3.8) is 0 Å². The van der Waals surface area contributed by atoms with Crippen LogP contribution >= 0.6 is 0 Å². The minimum absolute atomic E-state index is 0.337. The summed E-state index contributed by atoms with van der Waals surface area (Å²) in [6.45, 7) is 8.40. The van der Waals surface area contributed by atoms with Gasteiger partial charge < -0.3 is 13.9 Å². The molecule has 2 aromatic carbocycles. The van der Waals surface area contributed by atoms with Gasteiger partial charge in [0, 0.05) is 16.5 Å². The van der Waals surface area contributed by atoms with Crippen LogP contribution in [0.15, 0.2) is 60.7 Å². The summed E-state index contributed by atoms with van der Waals surface area (Å²) in [5.74, 6) is 0. The van der Waals surface area contributed by atoms with Crippen molar-refractivity contribution in [2.45, 2.75) is 51.7 Å². The van der Waals surface area contributed by atoms with Gasteiger partial charge in [-0.2, -0.15) is 0 Å². The topological polar surface area (TPSA) is 23.4 Å². The van der Waals surface area contributed by atoms with Gasteiger partial charge >= 0.3 is 7.12 Å². The van der Waals surface area contributed by atoms with Crippen molar-refractivity contribution >= 4 is 40.1 Å². The molecule has 0 atom stereocenters. The summed E-state index contributed by atoms with van der Waals surface area (Å²) < 4.78 is 15.0. The molecular weight excluding hydrogens is 345 g/mol. The molecule has 4 heteroatoms. The van der Waals surface area contributed by atoms with Gasteiger partial charge in [-0.3, -0.25) is 0 Å². The molecule has 2 heterocycles. The largest absolute Gasteiger partial charge is 0.494 e. The Morgan fingerprint density at radius 1 is 0.893 bits per heavy atom. The van der Waals surface area contributed by atoms with E-state index in [9.17, 15) is 0 Å². The second-order valence-corrected chi connectivity index (χ2v) is 8.84. The Morgan fingerprint density at radius 2 is 1.61 bits per heavy atom. The predicted octanol–water partition coefficient (Wildman–Crippen LogP) is 5.28. The molecule has 28 heavy (non-hydrogen) atoms. The van der Waals surface area contributed by atoms with E-state index >= 15 is 0 Å². The zero-order valence-corrected chi connectivity index (χ0v) is 17.0. The molecular formula is C24H26BNO2. The summed E-state index contributed by atoms with van der Waals surface area (Å²) in [6.07, 6.45) is 8.75. The molecule has 0 N–H and O–H groups in total. The molecule has 1 aliphatic carbocycles. The van der Waals surface area contributed by atoms with Gasteiger partial charge in [-0.1, -0.05) is 42.5 Å². The molecule has 2 aliphatic rings. The molecule has 0 amide bonds. The Kier molecular flexibility index (Phi) is 3.87. The molecule has 0 bridgehead atoms. The summed E-state index contributed by atoms with van der Waals surface area (Å²) >= 11 is 0. The minimum Gasteiger partial charge on any atom is -0.399 e. The average molecular weight is 371 g/mol. The fourth-order valence-electron chi connectivity index (χ4n) is 4.20. The van der Waals surface area contributed by atoms with Crippen LogP contribution in [0, 0.1) is 0 Å². The Morgan fingerprint density at radius 3 is 2.32 bits per heavy atom. The lowest BCUT2D eigenvalue weighted by Crippen LogP contribution is -2.41. The van der Waals surface area contributed by atoms with Crippen LogP contribution in [0.25, 0.3) is 27.5 Å². The van der Waals surface area contributed by atoms with E-state index in [1.807, 2.05) is 0 Å². The van der Waals surface area contributed by atoms with Gasteiger partial charge in [0.15, 0.2) is 0 Å². The number of hydrogen-bond acceptors (Lipinski definition) is 2. The van der Waals surface area contributed by atoms with Crippen molar-refractivity contribution in [1.29, 1.82) is 0 Å². The second kappa shape index (κ2) is 6.10. The molecule has 0 unspecified atom stereocenters. The van der Waals surface area contributed by atoms with E-state index in [1.165, 1.54) is 27.5 Å². The second-order valence-electron chi connectivity index (χ2n) is 8.84. The first kappa shape index (κ1) is 17.8. The van der Waals surface area contributed by atoms with Gasteiger partial charge in [0.05, 0.1) is 22.2 Å². The molecule has 3 aromatic rings. The van der Waals surface area contributed by atoms with Crippen LogP contribution in [0.4, 0.5) is 0 Å². The first-order chi connectivity index (χ1) is 13.4. The number of nitrogens with zero attached hydrogens (tertiary/aromatic N) is 1. The fraction of sp³-hybridized carbons (Fsp3) is 0.333. The third-order valence-electron chi connectivity index (χ3n) is 6.50. The molecule has 1 aromatic heterocycles. The van der Waals surface area contributed by atoms with Crippen molar-refractivity contribution < 1.29 is 9.31 Å². The summed E-state index contributed by atoms with van der Waals surface area (Å²) in [5.41, 5.74) is 4.20. The van der Waals surface area contributed by atoms with Crippen molar-refractivity contribution in [2.75, 3.05) is 0 Å². The third kappa shape index (κ3) is 2.59. The maximum absolute atomic E-state index is 6.30. The quantitative estimate of drug-likeness (QED) is 0.572. The maximum Gasteiger partial charge on any atom is 0.494 e. The Balaban J connectivity index is 1.71. The number of aromatic nitrogens is 1. The Hall–Kier alpha value is -2.30. The Bertz CT molecular complexity index is 1120. The summed E-state index contributed by atoms with van der Waals surface area (Å²) in [4.78, 5) is 0. The smallest absolute Gasteiger partial charge is 0.399 e. The van der Waals surface area contributed by atoms with Crippen LogP contribution in [0.2, 0.25) is 0 Å². The van der Waals surface area contributed by atoms with Crippen molar-refractivity contribution in [3.05, 3.63) is 60.7 Å². The molecule has 142 valence electrons. The van der Waals surface area contributed by atoms with Crippen molar-refractivity contribution in [3.8, 4) is 0 Å². The molecule has 0 saturated carbocycles. The number of rotatable bonds is 2. The molecule has 1 saturated heterocycles. The summed E-state index contributed by atoms with van der Waals surface area (Å²) in [7, 11) is -0.346. The number of fused-ring (bicyclic) bond motifs is 3. The Labute approximate surface area is 166 Å². The zero-order valence-electron chi connectivity index (χ0n) is 17.0. The standard InChI is InChI=1S/C24H26BNO2/c1-23(2)24(3,4)28-25(27-23)17-14-15-20-19-12-8-9-13-21(19)26(22(20)16-17)18-10-6-5-7-11-18/h5-6,8-10,12-16H,7,11H2,1-4H3. The van der Waals surface area contributed by atoms with Crippen LogP contribution in [0.3, 0.4) is 0 Å². The van der Waals surface area contributed by atoms with Crippen LogP contribution in [0.1, 0.15) is 40.5 Å². The highest BCUT2D eigenvalue weighted by atomic mass is 16.7. The SMILES string of the molecule is CC1(C)OB(c2ccc3c4ccccc4n(C4=CC=CCC4)c3c2)OC1(C)C. The summed E-state index contributed by atoms with van der Waals surface area (Å²) in [5, 5.41) is 2.56. The van der Waals surface area contributed by atoms with Gasteiger partial charge in [-0.15, -0.1) is 0 Å². The van der Waals surface area contributed by atoms with E-state index in [2.05, 4.69) is 93.0 Å².